The van der Waals surface area contributed by atoms with Gasteiger partial charge in [-0.15, -0.1) is 0 Å². The Morgan fingerprint density at radius 3 is 2.45 bits per heavy atom. The number of carbonyl (C=O) groups is 1. The van der Waals surface area contributed by atoms with E-state index in [0.29, 0.717) is 18.2 Å². The Morgan fingerprint density at radius 2 is 1.90 bits per heavy atom. The first kappa shape index (κ1) is 22.7. The Labute approximate surface area is 171 Å². The van der Waals surface area contributed by atoms with E-state index in [2.05, 4.69) is 19.2 Å². The lowest BCUT2D eigenvalue weighted by Crippen LogP contribution is -2.18. The maximum absolute atomic E-state index is 12.2. The number of ether oxygens (including phenoxy) is 1. The quantitative estimate of drug-likeness (QED) is 0.494. The van der Waals surface area contributed by atoms with Crippen molar-refractivity contribution in [2.75, 3.05) is 11.9 Å². The van der Waals surface area contributed by atoms with Crippen molar-refractivity contribution in [3.8, 4) is 11.5 Å². The lowest BCUT2D eigenvalue weighted by atomic mass is 9.99. The summed E-state index contributed by atoms with van der Waals surface area (Å²) < 4.78 is 30.2. The number of primary sulfonamides is 1. The van der Waals surface area contributed by atoms with Crippen LogP contribution in [0.1, 0.15) is 49.9 Å². The zero-order valence-corrected chi connectivity index (χ0v) is 17.5. The summed E-state index contributed by atoms with van der Waals surface area (Å²) in [5.41, 5.74) is 0.103. The molecule has 2 aromatic carbocycles. The number of anilines is 1. The van der Waals surface area contributed by atoms with E-state index in [1.54, 1.807) is 30.3 Å². The SMILES string of the molecule is CCCCC(CC)CNc1cc(C(=O)O)cc(S(N)(=O)=O)c1Oc1ccccc1. The summed E-state index contributed by atoms with van der Waals surface area (Å²) in [6.07, 6.45) is 4.15. The first-order chi connectivity index (χ1) is 13.8. The largest absolute Gasteiger partial charge is 0.478 e. The van der Waals surface area contributed by atoms with Gasteiger partial charge in [-0.1, -0.05) is 51.3 Å². The summed E-state index contributed by atoms with van der Waals surface area (Å²) in [4.78, 5) is 11.2. The van der Waals surface area contributed by atoms with Gasteiger partial charge in [-0.2, -0.15) is 0 Å². The molecule has 4 N–H and O–H groups in total. The van der Waals surface area contributed by atoms with Crippen LogP contribution in [0.3, 0.4) is 0 Å². The molecule has 1 unspecified atom stereocenters. The topological polar surface area (TPSA) is 119 Å². The normalized spacial score (nSPS) is 12.4. The number of aromatic carboxylic acids is 1. The Kier molecular flexibility index (Phi) is 8.04. The summed E-state index contributed by atoms with van der Waals surface area (Å²) in [6, 6.07) is 11.1. The van der Waals surface area contributed by atoms with E-state index in [1.807, 2.05) is 0 Å². The van der Waals surface area contributed by atoms with Crippen molar-refractivity contribution in [1.82, 2.24) is 0 Å². The molecule has 0 spiro atoms. The number of para-hydroxylation sites is 1. The summed E-state index contributed by atoms with van der Waals surface area (Å²) in [5.74, 6) is -0.469. The summed E-state index contributed by atoms with van der Waals surface area (Å²) in [6.45, 7) is 4.78. The Hall–Kier alpha value is -2.58. The lowest BCUT2D eigenvalue weighted by molar-refractivity contribution is 0.0696. The fraction of sp³-hybridized carbons (Fsp3) is 0.381. The number of hydrogen-bond acceptors (Lipinski definition) is 5. The van der Waals surface area contributed by atoms with Gasteiger partial charge in [-0.3, -0.25) is 0 Å². The maximum atomic E-state index is 12.2. The van der Waals surface area contributed by atoms with E-state index in [-0.39, 0.29) is 21.9 Å². The second-order valence-corrected chi connectivity index (χ2v) is 8.44. The van der Waals surface area contributed by atoms with Gasteiger partial charge in [0.15, 0.2) is 5.75 Å². The van der Waals surface area contributed by atoms with E-state index in [1.165, 1.54) is 6.07 Å². The minimum absolute atomic E-state index is 0.00551. The highest BCUT2D eigenvalue weighted by molar-refractivity contribution is 7.89. The first-order valence-corrected chi connectivity index (χ1v) is 11.2. The molecule has 0 aromatic heterocycles. The first-order valence-electron chi connectivity index (χ1n) is 9.67. The molecule has 0 radical (unpaired) electrons. The predicted octanol–water partition coefficient (Wildman–Crippen LogP) is 4.45. The molecular weight excluding hydrogens is 392 g/mol. The summed E-state index contributed by atoms with van der Waals surface area (Å²) in [7, 11) is -4.22. The van der Waals surface area contributed by atoms with Crippen molar-refractivity contribution < 1.29 is 23.1 Å². The molecule has 0 heterocycles. The van der Waals surface area contributed by atoms with E-state index in [0.717, 1.165) is 31.7 Å². The summed E-state index contributed by atoms with van der Waals surface area (Å²) >= 11 is 0. The molecule has 7 nitrogen and oxygen atoms in total. The van der Waals surface area contributed by atoms with Crippen molar-refractivity contribution in [3.63, 3.8) is 0 Å². The van der Waals surface area contributed by atoms with Gasteiger partial charge in [0.05, 0.1) is 11.3 Å². The minimum atomic E-state index is -4.22. The smallest absolute Gasteiger partial charge is 0.335 e. The molecule has 0 aliphatic heterocycles. The third-order valence-corrected chi connectivity index (χ3v) is 5.61. The lowest BCUT2D eigenvalue weighted by Gasteiger charge is -2.20. The zero-order valence-electron chi connectivity index (χ0n) is 16.7. The number of carboxylic acids is 1. The molecule has 158 valence electrons. The number of benzene rings is 2. The standard InChI is InChI=1S/C21H28N2O5S/c1-3-5-9-15(4-2)14-23-18-12-16(21(24)25)13-19(29(22,26)27)20(18)28-17-10-7-6-8-11-17/h6-8,10-13,15,23H,3-5,9,14H2,1-2H3,(H,24,25)(H2,22,26,27). The highest BCUT2D eigenvalue weighted by atomic mass is 32.2. The molecule has 0 aliphatic carbocycles. The van der Waals surface area contributed by atoms with Gasteiger partial charge in [0.25, 0.3) is 0 Å². The van der Waals surface area contributed by atoms with Crippen molar-refractivity contribution in [3.05, 3.63) is 48.0 Å². The number of hydrogen-bond donors (Lipinski definition) is 3. The monoisotopic (exact) mass is 420 g/mol. The van der Waals surface area contributed by atoms with Crippen LogP contribution in [-0.2, 0) is 10.0 Å². The molecule has 0 saturated carbocycles. The van der Waals surface area contributed by atoms with Gasteiger partial charge < -0.3 is 15.2 Å². The third kappa shape index (κ3) is 6.47. The number of nitrogens with one attached hydrogen (secondary N) is 1. The fourth-order valence-electron chi connectivity index (χ4n) is 2.98. The average Bonchev–Trinajstić information content (AvgIpc) is 2.68. The van der Waals surface area contributed by atoms with Crippen LogP contribution in [0.2, 0.25) is 0 Å². The molecule has 1 atom stereocenters. The van der Waals surface area contributed by atoms with Gasteiger partial charge >= 0.3 is 5.97 Å². The van der Waals surface area contributed by atoms with Crippen LogP contribution in [0.15, 0.2) is 47.4 Å². The number of sulfonamides is 1. The fourth-order valence-corrected chi connectivity index (χ4v) is 3.68. The third-order valence-electron chi connectivity index (χ3n) is 4.70. The number of unbranched alkanes of at least 4 members (excludes halogenated alkanes) is 1. The number of rotatable bonds is 11. The molecule has 29 heavy (non-hydrogen) atoms. The van der Waals surface area contributed by atoms with Crippen LogP contribution in [0.4, 0.5) is 5.69 Å². The highest BCUT2D eigenvalue weighted by Crippen LogP contribution is 2.37. The van der Waals surface area contributed by atoms with Crippen LogP contribution in [-0.4, -0.2) is 26.0 Å². The van der Waals surface area contributed by atoms with Crippen LogP contribution in [0.5, 0.6) is 11.5 Å². The molecule has 0 aliphatic rings. The van der Waals surface area contributed by atoms with Crippen molar-refractivity contribution in [2.45, 2.75) is 44.4 Å². The average molecular weight is 421 g/mol. The van der Waals surface area contributed by atoms with Crippen molar-refractivity contribution in [2.24, 2.45) is 11.1 Å². The van der Waals surface area contributed by atoms with E-state index < -0.39 is 16.0 Å². The molecule has 8 heteroatoms. The van der Waals surface area contributed by atoms with Crippen molar-refractivity contribution in [1.29, 1.82) is 0 Å². The highest BCUT2D eigenvalue weighted by Gasteiger charge is 2.24. The second-order valence-electron chi connectivity index (χ2n) is 6.91. The van der Waals surface area contributed by atoms with Crippen LogP contribution in [0, 0.1) is 5.92 Å². The van der Waals surface area contributed by atoms with Crippen LogP contribution in [0.25, 0.3) is 0 Å². The maximum Gasteiger partial charge on any atom is 0.335 e. The molecule has 0 saturated heterocycles. The van der Waals surface area contributed by atoms with Crippen LogP contribution < -0.4 is 15.2 Å². The molecular formula is C21H28N2O5S. The molecule has 0 amide bonds. The molecule has 0 fully saturated rings. The minimum Gasteiger partial charge on any atom is -0.478 e. The van der Waals surface area contributed by atoms with E-state index >= 15 is 0 Å². The van der Waals surface area contributed by atoms with Crippen molar-refractivity contribution >= 4 is 21.7 Å². The molecule has 2 rings (SSSR count). The number of carboxylic acid groups (broad SMARTS) is 1. The summed E-state index contributed by atoms with van der Waals surface area (Å²) in [5, 5.41) is 18.0. The van der Waals surface area contributed by atoms with E-state index in [9.17, 15) is 18.3 Å². The molecule has 2 aromatic rings. The van der Waals surface area contributed by atoms with Gasteiger partial charge in [-0.25, -0.2) is 18.4 Å². The predicted molar refractivity (Wildman–Crippen MR) is 113 cm³/mol. The Balaban J connectivity index is 2.49. The number of nitrogens with two attached hydrogens (primary N) is 1. The van der Waals surface area contributed by atoms with Gasteiger partial charge in [0.2, 0.25) is 10.0 Å². The Morgan fingerprint density at radius 1 is 1.21 bits per heavy atom. The van der Waals surface area contributed by atoms with E-state index in [4.69, 9.17) is 9.88 Å². The van der Waals surface area contributed by atoms with Crippen LogP contribution >= 0.6 is 0 Å². The zero-order chi connectivity index (χ0) is 21.4. The molecule has 0 bridgehead atoms. The van der Waals surface area contributed by atoms with Gasteiger partial charge in [-0.05, 0) is 36.6 Å². The second kappa shape index (κ2) is 10.3. The van der Waals surface area contributed by atoms with Gasteiger partial charge in [0, 0.05) is 6.54 Å². The van der Waals surface area contributed by atoms with Gasteiger partial charge in [0.1, 0.15) is 10.6 Å². The Bertz CT molecular complexity index is 930.